The van der Waals surface area contributed by atoms with Gasteiger partial charge in [0.2, 0.25) is 5.91 Å². The maximum atomic E-state index is 13.4. The minimum absolute atomic E-state index is 0.0729. The highest BCUT2D eigenvalue weighted by atomic mass is 32.1. The van der Waals surface area contributed by atoms with E-state index in [1.807, 2.05) is 39.4 Å². The molecule has 0 radical (unpaired) electrons. The monoisotopic (exact) mass is 535 g/mol. The number of halogens is 1. The number of unbranched alkanes of at least 4 members (excludes halogenated alkanes) is 2. The van der Waals surface area contributed by atoms with Gasteiger partial charge < -0.3 is 9.80 Å². The van der Waals surface area contributed by atoms with E-state index < -0.39 is 0 Å². The van der Waals surface area contributed by atoms with Crippen LogP contribution in [0.1, 0.15) is 52.5 Å². The van der Waals surface area contributed by atoms with Gasteiger partial charge in [-0.1, -0.05) is 50.1 Å². The summed E-state index contributed by atoms with van der Waals surface area (Å²) in [7, 11) is 0. The number of aryl methyl sites for hydroxylation is 1. The van der Waals surface area contributed by atoms with Gasteiger partial charge in [0, 0.05) is 56.3 Å². The highest BCUT2D eigenvalue weighted by Gasteiger charge is 2.23. The first-order chi connectivity index (χ1) is 18.5. The maximum Gasteiger partial charge on any atom is 0.253 e. The van der Waals surface area contributed by atoms with Gasteiger partial charge in [-0.05, 0) is 59.7 Å². The predicted molar refractivity (Wildman–Crippen MR) is 152 cm³/mol. The van der Waals surface area contributed by atoms with Crippen LogP contribution >= 0.6 is 11.3 Å². The van der Waals surface area contributed by atoms with Crippen LogP contribution in [0.25, 0.3) is 0 Å². The first-order valence-corrected chi connectivity index (χ1v) is 14.5. The highest BCUT2D eigenvalue weighted by molar-refractivity contribution is 7.10. The number of rotatable bonds is 12. The number of nitrogens with zero attached hydrogens (tertiary/aromatic N) is 3. The molecule has 0 unspecified atom stereocenters. The third-order valence-electron chi connectivity index (χ3n) is 7.16. The van der Waals surface area contributed by atoms with Crippen LogP contribution in [0, 0.1) is 5.82 Å². The first-order valence-electron chi connectivity index (χ1n) is 13.7. The molecule has 5 nitrogen and oxygen atoms in total. The number of thiophene rings is 1. The largest absolute Gasteiger partial charge is 0.337 e. The highest BCUT2D eigenvalue weighted by Crippen LogP contribution is 2.15. The molecule has 1 fully saturated rings. The summed E-state index contributed by atoms with van der Waals surface area (Å²) in [6.45, 7) is 6.92. The van der Waals surface area contributed by atoms with Crippen molar-refractivity contribution in [3.63, 3.8) is 0 Å². The Morgan fingerprint density at radius 3 is 2.29 bits per heavy atom. The van der Waals surface area contributed by atoms with E-state index in [1.54, 1.807) is 23.5 Å². The Balaban J connectivity index is 1.28. The molecule has 2 aromatic carbocycles. The van der Waals surface area contributed by atoms with Gasteiger partial charge in [-0.15, -0.1) is 11.3 Å². The van der Waals surface area contributed by atoms with E-state index in [0.717, 1.165) is 42.1 Å². The molecular weight excluding hydrogens is 497 g/mol. The lowest BCUT2D eigenvalue weighted by Gasteiger charge is -2.36. The zero-order valence-corrected chi connectivity index (χ0v) is 23.1. The van der Waals surface area contributed by atoms with Gasteiger partial charge in [-0.3, -0.25) is 14.5 Å². The van der Waals surface area contributed by atoms with Crippen molar-refractivity contribution in [2.75, 3.05) is 39.3 Å². The molecular formula is C31H38FN3O2S. The molecule has 38 heavy (non-hydrogen) atoms. The Morgan fingerprint density at radius 2 is 1.63 bits per heavy atom. The van der Waals surface area contributed by atoms with Crippen LogP contribution in [0.3, 0.4) is 0 Å². The molecule has 1 aromatic heterocycles. The lowest BCUT2D eigenvalue weighted by atomic mass is 10.0. The summed E-state index contributed by atoms with van der Waals surface area (Å²) in [5.74, 6) is -0.113. The van der Waals surface area contributed by atoms with Crippen molar-refractivity contribution in [1.82, 2.24) is 14.7 Å². The summed E-state index contributed by atoms with van der Waals surface area (Å²) in [6.07, 6.45) is 5.07. The predicted octanol–water partition coefficient (Wildman–Crippen LogP) is 5.65. The van der Waals surface area contributed by atoms with Crippen molar-refractivity contribution < 1.29 is 14.0 Å². The van der Waals surface area contributed by atoms with Crippen molar-refractivity contribution in [2.24, 2.45) is 0 Å². The van der Waals surface area contributed by atoms with E-state index in [1.165, 1.54) is 37.0 Å². The fourth-order valence-electron chi connectivity index (χ4n) is 4.79. The van der Waals surface area contributed by atoms with Crippen molar-refractivity contribution in [3.8, 4) is 0 Å². The summed E-state index contributed by atoms with van der Waals surface area (Å²) in [4.78, 5) is 33.3. The number of carbonyl (C=O) groups excluding carboxylic acids is 2. The van der Waals surface area contributed by atoms with Crippen LogP contribution in [0.15, 0.2) is 66.0 Å². The zero-order valence-electron chi connectivity index (χ0n) is 22.3. The SMILES string of the molecule is CCCCCc1ccc(C(=O)N2CCN(CCN(Cc3ccc(F)cc3)C(=O)Cc3cccs3)CC2)cc1. The van der Waals surface area contributed by atoms with Crippen molar-refractivity contribution in [2.45, 2.75) is 45.6 Å². The average molecular weight is 536 g/mol. The Labute approximate surface area is 229 Å². The van der Waals surface area contributed by atoms with E-state index >= 15 is 0 Å². The standard InChI is InChI=1S/C31H38FN3O2S/c1-2-3-4-6-25-8-12-27(13-9-25)31(37)34-19-16-33(17-20-34)18-21-35(24-26-10-14-28(32)15-11-26)30(36)23-29-7-5-22-38-29/h5,7-15,22H,2-4,6,16-21,23-24H2,1H3. The maximum absolute atomic E-state index is 13.4. The molecule has 0 saturated carbocycles. The topological polar surface area (TPSA) is 43.9 Å². The van der Waals surface area contributed by atoms with Crippen LogP contribution < -0.4 is 0 Å². The number of hydrogen-bond acceptors (Lipinski definition) is 4. The number of hydrogen-bond donors (Lipinski definition) is 0. The van der Waals surface area contributed by atoms with Crippen LogP contribution in [0.2, 0.25) is 0 Å². The molecule has 1 saturated heterocycles. The molecule has 0 bridgehead atoms. The van der Waals surface area contributed by atoms with Gasteiger partial charge in [-0.2, -0.15) is 0 Å². The van der Waals surface area contributed by atoms with E-state index in [0.29, 0.717) is 32.6 Å². The molecule has 1 aliphatic heterocycles. The second-order valence-corrected chi connectivity index (χ2v) is 11.0. The lowest BCUT2D eigenvalue weighted by Crippen LogP contribution is -2.50. The number of amides is 2. The van der Waals surface area contributed by atoms with Gasteiger partial charge in [0.1, 0.15) is 5.82 Å². The lowest BCUT2D eigenvalue weighted by molar-refractivity contribution is -0.131. The Hall–Kier alpha value is -3.03. The molecule has 202 valence electrons. The molecule has 0 N–H and O–H groups in total. The Kier molecular flexibility index (Phi) is 10.5. The fourth-order valence-corrected chi connectivity index (χ4v) is 5.48. The zero-order chi connectivity index (χ0) is 26.7. The summed E-state index contributed by atoms with van der Waals surface area (Å²) >= 11 is 1.58. The summed E-state index contributed by atoms with van der Waals surface area (Å²) in [6, 6.07) is 18.4. The third kappa shape index (κ3) is 8.23. The minimum Gasteiger partial charge on any atom is -0.337 e. The van der Waals surface area contributed by atoms with Gasteiger partial charge in [0.05, 0.1) is 6.42 Å². The van der Waals surface area contributed by atoms with Crippen LogP contribution in [0.4, 0.5) is 4.39 Å². The molecule has 0 aliphatic carbocycles. The third-order valence-corrected chi connectivity index (χ3v) is 8.04. The molecule has 0 spiro atoms. The van der Waals surface area contributed by atoms with E-state index in [4.69, 9.17) is 0 Å². The quantitative estimate of drug-likeness (QED) is 0.282. The van der Waals surface area contributed by atoms with Crippen LogP contribution in [0.5, 0.6) is 0 Å². The van der Waals surface area contributed by atoms with E-state index in [9.17, 15) is 14.0 Å². The molecule has 0 atom stereocenters. The van der Waals surface area contributed by atoms with E-state index in [-0.39, 0.29) is 17.6 Å². The first kappa shape index (κ1) is 28.0. The number of piperazine rings is 1. The van der Waals surface area contributed by atoms with E-state index in [2.05, 4.69) is 24.0 Å². The second-order valence-electron chi connectivity index (χ2n) is 9.99. The van der Waals surface area contributed by atoms with Gasteiger partial charge >= 0.3 is 0 Å². The van der Waals surface area contributed by atoms with Gasteiger partial charge in [-0.25, -0.2) is 4.39 Å². The molecule has 2 heterocycles. The van der Waals surface area contributed by atoms with Crippen LogP contribution in [-0.4, -0.2) is 65.8 Å². The Morgan fingerprint density at radius 1 is 0.921 bits per heavy atom. The van der Waals surface area contributed by atoms with Crippen molar-refractivity contribution in [3.05, 3.63) is 93.4 Å². The van der Waals surface area contributed by atoms with Crippen LogP contribution in [-0.2, 0) is 24.2 Å². The molecule has 7 heteroatoms. The fraction of sp³-hybridized carbons (Fsp3) is 0.419. The normalized spacial score (nSPS) is 14.0. The molecule has 3 aromatic rings. The number of benzene rings is 2. The summed E-state index contributed by atoms with van der Waals surface area (Å²) in [5.41, 5.74) is 2.96. The molecule has 4 rings (SSSR count). The molecule has 2 amide bonds. The van der Waals surface area contributed by atoms with Gasteiger partial charge in [0.15, 0.2) is 0 Å². The summed E-state index contributed by atoms with van der Waals surface area (Å²) < 4.78 is 13.4. The smallest absolute Gasteiger partial charge is 0.253 e. The van der Waals surface area contributed by atoms with Crippen molar-refractivity contribution in [1.29, 1.82) is 0 Å². The Bertz CT molecular complexity index is 1140. The van der Waals surface area contributed by atoms with Gasteiger partial charge in [0.25, 0.3) is 5.91 Å². The minimum atomic E-state index is -0.277. The second kappa shape index (κ2) is 14.2. The molecule has 1 aliphatic rings. The number of carbonyl (C=O) groups is 2. The average Bonchev–Trinajstić information content (AvgIpc) is 3.45. The summed E-state index contributed by atoms with van der Waals surface area (Å²) in [5, 5.41) is 1.98. The van der Waals surface area contributed by atoms with Crippen molar-refractivity contribution >= 4 is 23.2 Å².